The van der Waals surface area contributed by atoms with E-state index in [0.29, 0.717) is 6.54 Å². The first kappa shape index (κ1) is 9.67. The number of halogens is 1. The third-order valence-corrected chi connectivity index (χ3v) is 1.56. The molecule has 4 heteroatoms. The quantitative estimate of drug-likeness (QED) is 0.711. The van der Waals surface area contributed by atoms with E-state index in [0.717, 1.165) is 5.56 Å². The van der Waals surface area contributed by atoms with Crippen LogP contribution in [-0.4, -0.2) is 12.5 Å². The van der Waals surface area contributed by atoms with Gasteiger partial charge in [0.25, 0.3) is 0 Å². The zero-order valence-corrected chi connectivity index (χ0v) is 7.09. The second-order valence-electron chi connectivity index (χ2n) is 2.61. The molecule has 0 aliphatic rings. The molecule has 3 nitrogen and oxygen atoms in total. The number of benzene rings is 1. The second kappa shape index (κ2) is 4.57. The van der Waals surface area contributed by atoms with Crippen molar-refractivity contribution < 1.29 is 9.18 Å². The molecule has 0 saturated carbocycles. The van der Waals surface area contributed by atoms with Gasteiger partial charge in [-0.2, -0.15) is 0 Å². The molecule has 0 atom stereocenters. The van der Waals surface area contributed by atoms with E-state index in [2.05, 4.69) is 5.32 Å². The zero-order chi connectivity index (χ0) is 9.68. The minimum absolute atomic E-state index is 0.0463. The SMILES string of the molecule is NCC(=O)NCc1cccc(F)c1. The van der Waals surface area contributed by atoms with E-state index in [1.807, 2.05) is 0 Å². The molecule has 0 bridgehead atoms. The van der Waals surface area contributed by atoms with Crippen molar-refractivity contribution in [1.29, 1.82) is 0 Å². The van der Waals surface area contributed by atoms with Gasteiger partial charge in [-0.1, -0.05) is 12.1 Å². The first-order chi connectivity index (χ1) is 6.22. The topological polar surface area (TPSA) is 55.1 Å². The molecule has 0 aliphatic carbocycles. The summed E-state index contributed by atoms with van der Waals surface area (Å²) in [6.07, 6.45) is 0. The lowest BCUT2D eigenvalue weighted by molar-refractivity contribution is -0.119. The van der Waals surface area contributed by atoms with Gasteiger partial charge < -0.3 is 11.1 Å². The fraction of sp³-hybridized carbons (Fsp3) is 0.222. The molecule has 0 aliphatic heterocycles. The van der Waals surface area contributed by atoms with E-state index < -0.39 is 0 Å². The largest absolute Gasteiger partial charge is 0.351 e. The van der Waals surface area contributed by atoms with Crippen molar-refractivity contribution in [2.24, 2.45) is 5.73 Å². The van der Waals surface area contributed by atoms with Crippen molar-refractivity contribution in [1.82, 2.24) is 5.32 Å². The van der Waals surface area contributed by atoms with Crippen molar-refractivity contribution in [3.05, 3.63) is 35.6 Å². The number of rotatable bonds is 3. The van der Waals surface area contributed by atoms with Gasteiger partial charge in [-0.3, -0.25) is 4.79 Å². The summed E-state index contributed by atoms with van der Waals surface area (Å²) in [4.78, 5) is 10.7. The molecule has 13 heavy (non-hydrogen) atoms. The lowest BCUT2D eigenvalue weighted by Gasteiger charge is -2.02. The van der Waals surface area contributed by atoms with Crippen LogP contribution in [0.1, 0.15) is 5.56 Å². The minimum atomic E-state index is -0.306. The lowest BCUT2D eigenvalue weighted by atomic mass is 10.2. The second-order valence-corrected chi connectivity index (χ2v) is 2.61. The normalized spacial score (nSPS) is 9.69. The summed E-state index contributed by atoms with van der Waals surface area (Å²) in [5.74, 6) is -0.552. The van der Waals surface area contributed by atoms with Crippen molar-refractivity contribution in [3.8, 4) is 0 Å². The number of nitrogens with one attached hydrogen (secondary N) is 1. The molecule has 0 fully saturated rings. The van der Waals surface area contributed by atoms with Crippen LogP contribution in [0, 0.1) is 5.82 Å². The van der Waals surface area contributed by atoms with Crippen LogP contribution in [0.3, 0.4) is 0 Å². The minimum Gasteiger partial charge on any atom is -0.351 e. The van der Waals surface area contributed by atoms with Crippen LogP contribution in [0.5, 0.6) is 0 Å². The summed E-state index contributed by atoms with van der Waals surface area (Å²) in [5.41, 5.74) is 5.80. The summed E-state index contributed by atoms with van der Waals surface area (Å²) < 4.78 is 12.6. The van der Waals surface area contributed by atoms with Gasteiger partial charge in [0.15, 0.2) is 0 Å². The van der Waals surface area contributed by atoms with Gasteiger partial charge in [-0.25, -0.2) is 4.39 Å². The van der Waals surface area contributed by atoms with Crippen LogP contribution in [0.25, 0.3) is 0 Å². The highest BCUT2D eigenvalue weighted by Gasteiger charge is 1.98. The monoisotopic (exact) mass is 182 g/mol. The predicted octanol–water partition coefficient (Wildman–Crippen LogP) is 0.401. The average molecular weight is 182 g/mol. The third-order valence-electron chi connectivity index (χ3n) is 1.56. The molecule has 70 valence electrons. The Bertz CT molecular complexity index is 301. The summed E-state index contributed by atoms with van der Waals surface area (Å²) in [6, 6.07) is 6.06. The van der Waals surface area contributed by atoms with Crippen LogP contribution < -0.4 is 11.1 Å². The van der Waals surface area contributed by atoms with Gasteiger partial charge in [0.1, 0.15) is 5.82 Å². The van der Waals surface area contributed by atoms with Crippen molar-refractivity contribution in [2.75, 3.05) is 6.54 Å². The Morgan fingerprint density at radius 3 is 2.92 bits per heavy atom. The molecule has 0 heterocycles. The highest BCUT2D eigenvalue weighted by atomic mass is 19.1. The van der Waals surface area contributed by atoms with Crippen molar-refractivity contribution in [2.45, 2.75) is 6.54 Å². The van der Waals surface area contributed by atoms with Crippen LogP contribution in [-0.2, 0) is 11.3 Å². The molecule has 0 radical (unpaired) electrons. The summed E-state index contributed by atoms with van der Waals surface area (Å²) in [5, 5.41) is 2.55. The van der Waals surface area contributed by atoms with Crippen molar-refractivity contribution in [3.63, 3.8) is 0 Å². The maximum absolute atomic E-state index is 12.6. The van der Waals surface area contributed by atoms with E-state index in [1.54, 1.807) is 12.1 Å². The summed E-state index contributed by atoms with van der Waals surface area (Å²) >= 11 is 0. The van der Waals surface area contributed by atoms with Crippen molar-refractivity contribution >= 4 is 5.91 Å². The smallest absolute Gasteiger partial charge is 0.234 e. The Morgan fingerprint density at radius 2 is 2.31 bits per heavy atom. The van der Waals surface area contributed by atoms with E-state index in [4.69, 9.17) is 5.73 Å². The van der Waals surface area contributed by atoms with Gasteiger partial charge in [-0.05, 0) is 17.7 Å². The first-order valence-corrected chi connectivity index (χ1v) is 3.93. The maximum atomic E-state index is 12.6. The molecule has 0 saturated heterocycles. The van der Waals surface area contributed by atoms with Crippen LogP contribution in [0.4, 0.5) is 4.39 Å². The number of amides is 1. The number of nitrogens with two attached hydrogens (primary N) is 1. The first-order valence-electron chi connectivity index (χ1n) is 3.93. The number of carbonyl (C=O) groups is 1. The van der Waals surface area contributed by atoms with E-state index >= 15 is 0 Å². The van der Waals surface area contributed by atoms with Gasteiger partial charge in [-0.15, -0.1) is 0 Å². The van der Waals surface area contributed by atoms with Crippen LogP contribution >= 0.6 is 0 Å². The van der Waals surface area contributed by atoms with Crippen LogP contribution in [0.15, 0.2) is 24.3 Å². The summed E-state index contributed by atoms with van der Waals surface area (Å²) in [6.45, 7) is 0.267. The lowest BCUT2D eigenvalue weighted by Crippen LogP contribution is -2.29. The molecule has 1 rings (SSSR count). The van der Waals surface area contributed by atoms with E-state index in [1.165, 1.54) is 12.1 Å². The fourth-order valence-electron chi connectivity index (χ4n) is 0.920. The Kier molecular flexibility index (Phi) is 3.40. The molecule has 3 N–H and O–H groups in total. The Balaban J connectivity index is 2.50. The van der Waals surface area contributed by atoms with Gasteiger partial charge in [0.2, 0.25) is 5.91 Å². The predicted molar refractivity (Wildman–Crippen MR) is 47.3 cm³/mol. The van der Waals surface area contributed by atoms with Gasteiger partial charge in [0.05, 0.1) is 6.54 Å². The van der Waals surface area contributed by atoms with Gasteiger partial charge >= 0.3 is 0 Å². The highest BCUT2D eigenvalue weighted by molar-refractivity contribution is 5.77. The highest BCUT2D eigenvalue weighted by Crippen LogP contribution is 2.02. The zero-order valence-electron chi connectivity index (χ0n) is 7.09. The van der Waals surface area contributed by atoms with E-state index in [9.17, 15) is 9.18 Å². The molecular weight excluding hydrogens is 171 g/mol. The molecule has 0 unspecified atom stereocenters. The standard InChI is InChI=1S/C9H11FN2O/c10-8-3-1-2-7(4-8)6-12-9(13)5-11/h1-4H,5-6,11H2,(H,12,13). The fourth-order valence-corrected chi connectivity index (χ4v) is 0.920. The molecular formula is C9H11FN2O. The maximum Gasteiger partial charge on any atom is 0.234 e. The van der Waals surface area contributed by atoms with Crippen LogP contribution in [0.2, 0.25) is 0 Å². The average Bonchev–Trinajstić information content (AvgIpc) is 2.14. The molecule has 0 aromatic heterocycles. The number of hydrogen-bond acceptors (Lipinski definition) is 2. The Hall–Kier alpha value is -1.42. The third kappa shape index (κ3) is 3.21. The Morgan fingerprint density at radius 1 is 1.54 bits per heavy atom. The van der Waals surface area contributed by atoms with Gasteiger partial charge in [0, 0.05) is 6.54 Å². The summed E-state index contributed by atoms with van der Waals surface area (Å²) in [7, 11) is 0. The molecule has 1 aromatic rings. The number of carbonyl (C=O) groups excluding carboxylic acids is 1. The number of hydrogen-bond donors (Lipinski definition) is 2. The Labute approximate surface area is 75.7 Å². The molecule has 0 spiro atoms. The molecule has 1 aromatic carbocycles. The molecule has 1 amide bonds. The van der Waals surface area contributed by atoms with E-state index in [-0.39, 0.29) is 18.3 Å².